The molecule has 3 nitrogen and oxygen atoms in total. The van der Waals surface area contributed by atoms with Gasteiger partial charge < -0.3 is 5.32 Å². The molecule has 1 aromatic heterocycles. The number of nitrogens with one attached hydrogen (secondary N) is 1. The van der Waals surface area contributed by atoms with Gasteiger partial charge >= 0.3 is 0 Å². The van der Waals surface area contributed by atoms with Crippen molar-refractivity contribution in [3.8, 4) is 0 Å². The summed E-state index contributed by atoms with van der Waals surface area (Å²) in [7, 11) is 0. The van der Waals surface area contributed by atoms with Crippen LogP contribution in [0.2, 0.25) is 0 Å². The molecule has 0 aliphatic carbocycles. The summed E-state index contributed by atoms with van der Waals surface area (Å²) in [4.78, 5) is 16.0. The van der Waals surface area contributed by atoms with Gasteiger partial charge in [0.05, 0.1) is 5.56 Å². The molecule has 1 aromatic carbocycles. The van der Waals surface area contributed by atoms with E-state index in [-0.39, 0.29) is 11.7 Å². The zero-order chi connectivity index (χ0) is 13.1. The molecule has 0 aliphatic heterocycles. The van der Waals surface area contributed by atoms with Crippen LogP contribution in [0.25, 0.3) is 0 Å². The summed E-state index contributed by atoms with van der Waals surface area (Å²) in [6.45, 7) is 3.60. The van der Waals surface area contributed by atoms with Gasteiger partial charge in [-0.1, -0.05) is 0 Å². The van der Waals surface area contributed by atoms with E-state index in [1.165, 1.54) is 18.3 Å². The lowest BCUT2D eigenvalue weighted by Gasteiger charge is -2.08. The van der Waals surface area contributed by atoms with Crippen molar-refractivity contribution in [3.05, 3.63) is 59.2 Å². The van der Waals surface area contributed by atoms with Crippen molar-refractivity contribution >= 4 is 11.6 Å². The SMILES string of the molecule is Cc1ccc(C(=O)Nc2ccc(F)cc2C)cn1. The fourth-order valence-corrected chi connectivity index (χ4v) is 1.56. The number of halogens is 1. The van der Waals surface area contributed by atoms with E-state index < -0.39 is 0 Å². The summed E-state index contributed by atoms with van der Waals surface area (Å²) in [5, 5.41) is 2.73. The molecule has 1 N–H and O–H groups in total. The minimum atomic E-state index is -0.317. The highest BCUT2D eigenvalue weighted by Gasteiger charge is 2.08. The Labute approximate surface area is 105 Å². The van der Waals surface area contributed by atoms with Crippen LogP contribution in [0.4, 0.5) is 10.1 Å². The molecular formula is C14H13FN2O. The first-order valence-electron chi connectivity index (χ1n) is 5.56. The number of amides is 1. The highest BCUT2D eigenvalue weighted by molar-refractivity contribution is 6.04. The normalized spacial score (nSPS) is 10.2. The first kappa shape index (κ1) is 12.2. The Kier molecular flexibility index (Phi) is 3.37. The van der Waals surface area contributed by atoms with Gasteiger partial charge in [0.2, 0.25) is 0 Å². The van der Waals surface area contributed by atoms with Crippen LogP contribution >= 0.6 is 0 Å². The highest BCUT2D eigenvalue weighted by Crippen LogP contribution is 2.16. The minimum absolute atomic E-state index is 0.253. The van der Waals surface area contributed by atoms with Gasteiger partial charge in [-0.15, -0.1) is 0 Å². The van der Waals surface area contributed by atoms with E-state index >= 15 is 0 Å². The molecular weight excluding hydrogens is 231 g/mol. The maximum absolute atomic E-state index is 12.9. The Hall–Kier alpha value is -2.23. The van der Waals surface area contributed by atoms with Crippen LogP contribution in [0, 0.1) is 19.7 Å². The molecule has 0 aliphatic rings. The zero-order valence-electron chi connectivity index (χ0n) is 10.2. The van der Waals surface area contributed by atoms with Gasteiger partial charge in [-0.2, -0.15) is 0 Å². The summed E-state index contributed by atoms with van der Waals surface area (Å²) in [5.41, 5.74) is 2.61. The van der Waals surface area contributed by atoms with Crippen molar-refractivity contribution in [1.82, 2.24) is 4.98 Å². The smallest absolute Gasteiger partial charge is 0.257 e. The van der Waals surface area contributed by atoms with Crippen LogP contribution in [0.5, 0.6) is 0 Å². The quantitative estimate of drug-likeness (QED) is 0.882. The fraction of sp³-hybridized carbons (Fsp3) is 0.143. The second-order valence-corrected chi connectivity index (χ2v) is 4.10. The molecule has 0 saturated carbocycles. The third kappa shape index (κ3) is 2.71. The molecule has 0 spiro atoms. The second kappa shape index (κ2) is 4.96. The summed E-state index contributed by atoms with van der Waals surface area (Å²) >= 11 is 0. The third-order valence-corrected chi connectivity index (χ3v) is 2.61. The molecule has 18 heavy (non-hydrogen) atoms. The van der Waals surface area contributed by atoms with Crippen LogP contribution in [-0.4, -0.2) is 10.9 Å². The van der Waals surface area contributed by atoms with Crippen LogP contribution in [-0.2, 0) is 0 Å². The molecule has 0 bridgehead atoms. The van der Waals surface area contributed by atoms with Gasteiger partial charge in [-0.05, 0) is 49.7 Å². The third-order valence-electron chi connectivity index (χ3n) is 2.61. The number of aryl methyl sites for hydroxylation is 2. The first-order chi connectivity index (χ1) is 8.56. The lowest BCUT2D eigenvalue weighted by molar-refractivity contribution is 0.102. The highest BCUT2D eigenvalue weighted by atomic mass is 19.1. The van der Waals surface area contributed by atoms with Crippen molar-refractivity contribution in [1.29, 1.82) is 0 Å². The summed E-state index contributed by atoms with van der Waals surface area (Å²) in [6.07, 6.45) is 1.52. The van der Waals surface area contributed by atoms with Crippen LogP contribution in [0.15, 0.2) is 36.5 Å². The monoisotopic (exact) mass is 244 g/mol. The van der Waals surface area contributed by atoms with Gasteiger partial charge in [-0.3, -0.25) is 9.78 Å². The number of nitrogens with zero attached hydrogens (tertiary/aromatic N) is 1. The summed E-state index contributed by atoms with van der Waals surface area (Å²) in [6, 6.07) is 7.71. The maximum Gasteiger partial charge on any atom is 0.257 e. The van der Waals surface area contributed by atoms with E-state index in [1.807, 2.05) is 6.92 Å². The van der Waals surface area contributed by atoms with E-state index in [0.29, 0.717) is 16.8 Å². The lowest BCUT2D eigenvalue weighted by Crippen LogP contribution is -2.13. The Morgan fingerprint density at radius 3 is 2.61 bits per heavy atom. The molecule has 2 aromatic rings. The van der Waals surface area contributed by atoms with Crippen molar-refractivity contribution in [2.45, 2.75) is 13.8 Å². The Bertz CT molecular complexity index is 579. The molecule has 0 atom stereocenters. The number of benzene rings is 1. The van der Waals surface area contributed by atoms with Crippen LogP contribution in [0.1, 0.15) is 21.6 Å². The number of pyridine rings is 1. The van der Waals surface area contributed by atoms with Crippen LogP contribution < -0.4 is 5.32 Å². The molecule has 1 heterocycles. The molecule has 0 saturated heterocycles. The maximum atomic E-state index is 12.9. The number of hydrogen-bond acceptors (Lipinski definition) is 2. The molecule has 1 amide bonds. The standard InChI is InChI=1S/C14H13FN2O/c1-9-7-12(15)5-6-13(9)17-14(18)11-4-3-10(2)16-8-11/h3-8H,1-2H3,(H,17,18). The van der Waals surface area contributed by atoms with E-state index in [1.54, 1.807) is 25.1 Å². The van der Waals surface area contributed by atoms with Crippen molar-refractivity contribution < 1.29 is 9.18 Å². The molecule has 0 unspecified atom stereocenters. The summed E-state index contributed by atoms with van der Waals surface area (Å²) < 4.78 is 12.9. The number of anilines is 1. The Balaban J connectivity index is 2.18. The number of carbonyl (C=O) groups excluding carboxylic acids is 1. The molecule has 0 fully saturated rings. The zero-order valence-corrected chi connectivity index (χ0v) is 10.2. The summed E-state index contributed by atoms with van der Waals surface area (Å²) in [5.74, 6) is -0.570. The average Bonchev–Trinajstić information content (AvgIpc) is 2.33. The number of carbonyl (C=O) groups is 1. The number of hydrogen-bond donors (Lipinski definition) is 1. The average molecular weight is 244 g/mol. The Morgan fingerprint density at radius 1 is 1.22 bits per heavy atom. The number of rotatable bonds is 2. The molecule has 92 valence electrons. The van der Waals surface area contributed by atoms with E-state index in [9.17, 15) is 9.18 Å². The van der Waals surface area contributed by atoms with Gasteiger partial charge in [0, 0.05) is 17.6 Å². The Morgan fingerprint density at radius 2 is 2.00 bits per heavy atom. The predicted molar refractivity (Wildman–Crippen MR) is 68.1 cm³/mol. The van der Waals surface area contributed by atoms with Gasteiger partial charge in [0.1, 0.15) is 5.82 Å². The van der Waals surface area contributed by atoms with Crippen LogP contribution in [0.3, 0.4) is 0 Å². The predicted octanol–water partition coefficient (Wildman–Crippen LogP) is 3.09. The first-order valence-corrected chi connectivity index (χ1v) is 5.56. The van der Waals surface area contributed by atoms with E-state index in [2.05, 4.69) is 10.3 Å². The second-order valence-electron chi connectivity index (χ2n) is 4.10. The molecule has 0 radical (unpaired) electrons. The largest absolute Gasteiger partial charge is 0.322 e. The van der Waals surface area contributed by atoms with Gasteiger partial charge in [-0.25, -0.2) is 4.39 Å². The van der Waals surface area contributed by atoms with Crippen molar-refractivity contribution in [3.63, 3.8) is 0 Å². The lowest BCUT2D eigenvalue weighted by atomic mass is 10.2. The van der Waals surface area contributed by atoms with Gasteiger partial charge in [0.15, 0.2) is 0 Å². The molecule has 2 rings (SSSR count). The van der Waals surface area contributed by atoms with Crippen molar-refractivity contribution in [2.24, 2.45) is 0 Å². The van der Waals surface area contributed by atoms with Crippen molar-refractivity contribution in [2.75, 3.05) is 5.32 Å². The topological polar surface area (TPSA) is 42.0 Å². The van der Waals surface area contributed by atoms with Gasteiger partial charge in [0.25, 0.3) is 5.91 Å². The molecule has 4 heteroatoms. The fourth-order valence-electron chi connectivity index (χ4n) is 1.56. The number of aromatic nitrogens is 1. The van der Waals surface area contributed by atoms with E-state index in [4.69, 9.17) is 0 Å². The van der Waals surface area contributed by atoms with E-state index in [0.717, 1.165) is 5.69 Å². The minimum Gasteiger partial charge on any atom is -0.322 e.